The zero-order chi connectivity index (χ0) is 21.9. The molecule has 3 aliphatic heterocycles. The lowest BCUT2D eigenvalue weighted by Crippen LogP contribution is -2.44. The summed E-state index contributed by atoms with van der Waals surface area (Å²) < 4.78 is 11.9. The van der Waals surface area contributed by atoms with E-state index in [1.807, 2.05) is 12.1 Å². The minimum absolute atomic E-state index is 0. The van der Waals surface area contributed by atoms with Crippen LogP contribution in [0.15, 0.2) is 42.5 Å². The van der Waals surface area contributed by atoms with Crippen molar-refractivity contribution in [2.45, 2.75) is 31.6 Å². The van der Waals surface area contributed by atoms with E-state index in [1.165, 1.54) is 11.1 Å². The Labute approximate surface area is 213 Å². The van der Waals surface area contributed by atoms with Crippen molar-refractivity contribution in [1.82, 2.24) is 15.1 Å². The monoisotopic (exact) mass is 509 g/mol. The highest BCUT2D eigenvalue weighted by atomic mass is 35.5. The van der Waals surface area contributed by atoms with E-state index < -0.39 is 6.10 Å². The number of nitrogens with one attached hydrogen (secondary N) is 1. The maximum absolute atomic E-state index is 13.2. The van der Waals surface area contributed by atoms with Gasteiger partial charge in [-0.05, 0) is 42.6 Å². The molecule has 0 aromatic heterocycles. The van der Waals surface area contributed by atoms with Gasteiger partial charge in [0.2, 0.25) is 0 Å². The zero-order valence-electron chi connectivity index (χ0n) is 19.2. The Bertz CT molecular complexity index is 971. The number of rotatable bonds is 6. The van der Waals surface area contributed by atoms with E-state index in [1.54, 1.807) is 11.0 Å². The fourth-order valence-electron chi connectivity index (χ4n) is 4.83. The fraction of sp³-hybridized carbons (Fsp3) is 0.480. The van der Waals surface area contributed by atoms with Crippen LogP contribution in [0.25, 0.3) is 0 Å². The molecule has 2 atom stereocenters. The topological polar surface area (TPSA) is 74.3 Å². The molecule has 0 saturated carbocycles. The first kappa shape index (κ1) is 26.6. The van der Waals surface area contributed by atoms with Crippen molar-refractivity contribution < 1.29 is 19.4 Å². The molecule has 0 radical (unpaired) electrons. The number of fused-ring (bicyclic) bond motifs is 2. The number of carbonyl (C=O) groups excluding carboxylic acids is 1. The van der Waals surface area contributed by atoms with Gasteiger partial charge in [-0.3, -0.25) is 9.69 Å². The third-order valence-corrected chi connectivity index (χ3v) is 6.52. The van der Waals surface area contributed by atoms with Crippen molar-refractivity contribution in [3.8, 4) is 11.5 Å². The van der Waals surface area contributed by atoms with Crippen LogP contribution in [0.5, 0.6) is 11.5 Å². The molecule has 0 aliphatic carbocycles. The maximum atomic E-state index is 13.2. The van der Waals surface area contributed by atoms with E-state index in [-0.39, 0.29) is 36.8 Å². The molecule has 2 aromatic carbocycles. The molecule has 34 heavy (non-hydrogen) atoms. The third-order valence-electron chi connectivity index (χ3n) is 6.52. The summed E-state index contributed by atoms with van der Waals surface area (Å²) in [5.74, 6) is 1.18. The van der Waals surface area contributed by atoms with Crippen LogP contribution in [0.1, 0.15) is 27.9 Å². The zero-order valence-corrected chi connectivity index (χ0v) is 20.8. The van der Waals surface area contributed by atoms with Crippen molar-refractivity contribution >= 4 is 30.7 Å². The molecule has 0 bridgehead atoms. The number of amides is 1. The van der Waals surface area contributed by atoms with Gasteiger partial charge in [-0.25, -0.2) is 0 Å². The molecular formula is C25H33Cl2N3O4. The highest BCUT2D eigenvalue weighted by Gasteiger charge is 2.27. The summed E-state index contributed by atoms with van der Waals surface area (Å²) >= 11 is 0. The molecule has 1 saturated heterocycles. The highest BCUT2D eigenvalue weighted by Crippen LogP contribution is 2.29. The number of carbonyl (C=O) groups is 1. The average molecular weight is 510 g/mol. The number of halogens is 2. The lowest BCUT2D eigenvalue weighted by molar-refractivity contribution is 0.0501. The second kappa shape index (κ2) is 12.1. The van der Waals surface area contributed by atoms with Crippen molar-refractivity contribution in [2.75, 3.05) is 45.9 Å². The van der Waals surface area contributed by atoms with Gasteiger partial charge in [0.05, 0.1) is 18.2 Å². The van der Waals surface area contributed by atoms with Crippen LogP contribution in [-0.2, 0) is 13.0 Å². The number of β-amino-alcohol motifs (C(OH)–C–C–N with tert-alkyl or cyclic N) is 1. The standard InChI is InChI=1S/C25H31N3O4.2ClH/c29-20(16-27-10-8-18-3-1-2-4-19(18)15-27)17-28-11-12-31-24-13-21(5-6-23(24)25(28)30)32-22-7-9-26-14-22;;/h1-6,13,20,22,26,29H,7-12,14-17H2;2*1H/t20?,22-;;/m0../s1. The van der Waals surface area contributed by atoms with Crippen molar-refractivity contribution in [3.63, 3.8) is 0 Å². The molecule has 0 spiro atoms. The van der Waals surface area contributed by atoms with E-state index in [2.05, 4.69) is 34.5 Å². The second-order valence-electron chi connectivity index (χ2n) is 8.90. The van der Waals surface area contributed by atoms with Crippen LogP contribution >= 0.6 is 24.8 Å². The normalized spacial score (nSPS) is 20.7. The summed E-state index contributed by atoms with van der Waals surface area (Å²) in [5.41, 5.74) is 3.24. The molecule has 9 heteroatoms. The number of aliphatic hydroxyl groups is 1. The lowest BCUT2D eigenvalue weighted by Gasteiger charge is -2.32. The largest absolute Gasteiger partial charge is 0.491 e. The smallest absolute Gasteiger partial charge is 0.257 e. The van der Waals surface area contributed by atoms with Gasteiger partial charge in [0.25, 0.3) is 5.91 Å². The van der Waals surface area contributed by atoms with Crippen LogP contribution < -0.4 is 14.8 Å². The molecule has 3 heterocycles. The molecule has 1 amide bonds. The maximum Gasteiger partial charge on any atom is 0.257 e. The summed E-state index contributed by atoms with van der Waals surface area (Å²) in [7, 11) is 0. The first-order chi connectivity index (χ1) is 15.7. The predicted octanol–water partition coefficient (Wildman–Crippen LogP) is 2.52. The molecule has 2 aromatic rings. The third kappa shape index (κ3) is 6.15. The van der Waals surface area contributed by atoms with Gasteiger partial charge >= 0.3 is 0 Å². The number of benzene rings is 2. The van der Waals surface area contributed by atoms with E-state index in [0.717, 1.165) is 44.8 Å². The Balaban J connectivity index is 0.00000162. The summed E-state index contributed by atoms with van der Waals surface area (Å²) in [4.78, 5) is 17.1. The number of nitrogens with zero attached hydrogens (tertiary/aromatic N) is 2. The number of hydrogen-bond donors (Lipinski definition) is 2. The first-order valence-corrected chi connectivity index (χ1v) is 11.6. The average Bonchev–Trinajstić information content (AvgIpc) is 3.26. The molecular weight excluding hydrogens is 477 g/mol. The van der Waals surface area contributed by atoms with Crippen molar-refractivity contribution in [1.29, 1.82) is 0 Å². The van der Waals surface area contributed by atoms with Gasteiger partial charge in [-0.15, -0.1) is 24.8 Å². The van der Waals surface area contributed by atoms with Crippen LogP contribution in [-0.4, -0.2) is 78.9 Å². The second-order valence-corrected chi connectivity index (χ2v) is 8.90. The van der Waals surface area contributed by atoms with Gasteiger partial charge in [0, 0.05) is 38.8 Å². The van der Waals surface area contributed by atoms with Crippen LogP contribution in [0.2, 0.25) is 0 Å². The quantitative estimate of drug-likeness (QED) is 0.623. The van der Waals surface area contributed by atoms with Crippen LogP contribution in [0.3, 0.4) is 0 Å². The Morgan fingerprint density at radius 3 is 2.74 bits per heavy atom. The van der Waals surface area contributed by atoms with Crippen molar-refractivity contribution in [3.05, 3.63) is 59.2 Å². The highest BCUT2D eigenvalue weighted by molar-refractivity contribution is 5.97. The van der Waals surface area contributed by atoms with Crippen LogP contribution in [0, 0.1) is 0 Å². The van der Waals surface area contributed by atoms with Gasteiger partial charge in [0.15, 0.2) is 0 Å². The Kier molecular flexibility index (Phi) is 9.45. The summed E-state index contributed by atoms with van der Waals surface area (Å²) in [6.07, 6.45) is 1.52. The lowest BCUT2D eigenvalue weighted by atomic mass is 10.00. The van der Waals surface area contributed by atoms with Gasteiger partial charge in [0.1, 0.15) is 24.2 Å². The number of aliphatic hydroxyl groups excluding tert-OH is 1. The molecule has 1 unspecified atom stereocenters. The van der Waals surface area contributed by atoms with Crippen molar-refractivity contribution in [2.24, 2.45) is 0 Å². The van der Waals surface area contributed by atoms with E-state index >= 15 is 0 Å². The van der Waals surface area contributed by atoms with Gasteiger partial charge in [-0.1, -0.05) is 24.3 Å². The first-order valence-electron chi connectivity index (χ1n) is 11.6. The Hall–Kier alpha value is -2.03. The predicted molar refractivity (Wildman–Crippen MR) is 136 cm³/mol. The SMILES string of the molecule is Cl.Cl.O=C1c2ccc(O[C@H]3CCNC3)cc2OCCN1CC(O)CN1CCc2ccccc2C1. The van der Waals surface area contributed by atoms with E-state index in [0.29, 0.717) is 37.6 Å². The molecule has 3 aliphatic rings. The van der Waals surface area contributed by atoms with Gasteiger partial charge < -0.3 is 24.8 Å². The summed E-state index contributed by atoms with van der Waals surface area (Å²) in [6, 6.07) is 13.9. The molecule has 186 valence electrons. The Morgan fingerprint density at radius 1 is 1.12 bits per heavy atom. The van der Waals surface area contributed by atoms with E-state index in [4.69, 9.17) is 9.47 Å². The van der Waals surface area contributed by atoms with Gasteiger partial charge in [-0.2, -0.15) is 0 Å². The number of hydrogen-bond acceptors (Lipinski definition) is 6. The summed E-state index contributed by atoms with van der Waals surface area (Å²) in [6.45, 7) is 5.27. The molecule has 1 fully saturated rings. The van der Waals surface area contributed by atoms with E-state index in [9.17, 15) is 9.90 Å². The molecule has 5 rings (SSSR count). The number of ether oxygens (including phenoxy) is 2. The molecule has 2 N–H and O–H groups in total. The minimum atomic E-state index is -0.608. The van der Waals surface area contributed by atoms with Crippen LogP contribution in [0.4, 0.5) is 0 Å². The Morgan fingerprint density at radius 2 is 1.94 bits per heavy atom. The summed E-state index contributed by atoms with van der Waals surface area (Å²) in [5, 5.41) is 14.0. The fourth-order valence-corrected chi connectivity index (χ4v) is 4.83. The molecule has 7 nitrogen and oxygen atoms in total. The minimum Gasteiger partial charge on any atom is -0.491 e.